The Morgan fingerprint density at radius 2 is 1.63 bits per heavy atom. The molecule has 2 aromatic rings. The molecule has 0 radical (unpaired) electrons. The predicted molar refractivity (Wildman–Crippen MR) is 105 cm³/mol. The van der Waals surface area contributed by atoms with E-state index in [2.05, 4.69) is 5.32 Å². The van der Waals surface area contributed by atoms with E-state index < -0.39 is 0 Å². The average molecular weight is 368 g/mol. The Hall–Kier alpha value is -3.15. The Morgan fingerprint density at radius 1 is 1.00 bits per heavy atom. The van der Waals surface area contributed by atoms with Crippen molar-refractivity contribution in [2.45, 2.75) is 33.8 Å². The molecule has 6 heteroatoms. The Kier molecular flexibility index (Phi) is 6.71. The molecule has 0 atom stereocenters. The van der Waals surface area contributed by atoms with Gasteiger partial charge in [-0.2, -0.15) is 0 Å². The third-order valence-corrected chi connectivity index (χ3v) is 3.78. The summed E-state index contributed by atoms with van der Waals surface area (Å²) >= 11 is 0. The summed E-state index contributed by atoms with van der Waals surface area (Å²) in [7, 11) is 0. The molecule has 0 bridgehead atoms. The fourth-order valence-electron chi connectivity index (χ4n) is 2.53. The third kappa shape index (κ3) is 5.67. The average Bonchev–Trinajstić information content (AvgIpc) is 2.60. The molecule has 1 N–H and O–H groups in total. The third-order valence-electron chi connectivity index (χ3n) is 3.78. The first kappa shape index (κ1) is 20.2. The molecule has 142 valence electrons. The Labute approximate surface area is 159 Å². The summed E-state index contributed by atoms with van der Waals surface area (Å²) in [5.41, 5.74) is 1.67. The minimum Gasteiger partial charge on any atom is -0.489 e. The van der Waals surface area contributed by atoms with E-state index in [1.54, 1.807) is 42.5 Å². The smallest absolute Gasteiger partial charge is 0.244 e. The zero-order valence-corrected chi connectivity index (χ0v) is 16.0. The summed E-state index contributed by atoms with van der Waals surface area (Å²) in [6.07, 6.45) is -0.0615. The number of nitrogens with zero attached hydrogens (tertiary/aromatic N) is 1. The van der Waals surface area contributed by atoms with Crippen molar-refractivity contribution in [3.63, 3.8) is 0 Å². The molecule has 0 spiro atoms. The molecule has 0 saturated carbocycles. The maximum Gasteiger partial charge on any atom is 0.244 e. The largest absolute Gasteiger partial charge is 0.489 e. The summed E-state index contributed by atoms with van der Waals surface area (Å²) in [6, 6.07) is 13.7. The minimum absolute atomic E-state index is 0.0441. The lowest BCUT2D eigenvalue weighted by Gasteiger charge is -2.24. The normalized spacial score (nSPS) is 10.4. The van der Waals surface area contributed by atoms with Gasteiger partial charge in [-0.15, -0.1) is 0 Å². The fraction of sp³-hybridized carbons (Fsp3) is 0.286. The first-order valence-corrected chi connectivity index (χ1v) is 8.72. The van der Waals surface area contributed by atoms with Gasteiger partial charge in [0, 0.05) is 18.2 Å². The van der Waals surface area contributed by atoms with E-state index >= 15 is 0 Å². The number of carbonyl (C=O) groups excluding carboxylic acids is 3. The fourth-order valence-corrected chi connectivity index (χ4v) is 2.53. The number of anilines is 2. The van der Waals surface area contributed by atoms with E-state index in [1.807, 2.05) is 19.9 Å². The highest BCUT2D eigenvalue weighted by molar-refractivity contribution is 6.03. The molecule has 27 heavy (non-hydrogen) atoms. The van der Waals surface area contributed by atoms with E-state index in [1.165, 1.54) is 18.7 Å². The van der Waals surface area contributed by atoms with Crippen molar-refractivity contribution in [3.8, 4) is 5.75 Å². The molecule has 0 aliphatic rings. The number of rotatable bonds is 7. The lowest BCUT2D eigenvalue weighted by molar-refractivity contribution is -0.120. The predicted octanol–water partition coefficient (Wildman–Crippen LogP) is 3.67. The molecular formula is C21H24N2O4. The van der Waals surface area contributed by atoms with Crippen LogP contribution in [0.25, 0.3) is 0 Å². The van der Waals surface area contributed by atoms with Crippen LogP contribution in [0.3, 0.4) is 0 Å². The van der Waals surface area contributed by atoms with Crippen LogP contribution in [0.2, 0.25) is 0 Å². The van der Waals surface area contributed by atoms with Gasteiger partial charge in [0.05, 0.1) is 11.8 Å². The van der Waals surface area contributed by atoms with Crippen molar-refractivity contribution < 1.29 is 19.1 Å². The molecule has 0 aliphatic heterocycles. The molecule has 2 rings (SSSR count). The maximum absolute atomic E-state index is 12.4. The van der Waals surface area contributed by atoms with Crippen LogP contribution < -0.4 is 15.0 Å². The number of para-hydroxylation sites is 2. The van der Waals surface area contributed by atoms with Crippen LogP contribution >= 0.6 is 0 Å². The van der Waals surface area contributed by atoms with Gasteiger partial charge < -0.3 is 10.1 Å². The first-order chi connectivity index (χ1) is 12.8. The highest BCUT2D eigenvalue weighted by Crippen LogP contribution is 2.29. The number of benzene rings is 2. The number of ether oxygens (including phenoxy) is 1. The molecule has 6 nitrogen and oxygen atoms in total. The molecule has 0 saturated heterocycles. The van der Waals surface area contributed by atoms with Crippen LogP contribution in [0, 0.1) is 0 Å². The van der Waals surface area contributed by atoms with Crippen molar-refractivity contribution in [2.24, 2.45) is 0 Å². The summed E-state index contributed by atoms with van der Waals surface area (Å²) in [6.45, 7) is 6.52. The number of hydrogen-bond donors (Lipinski definition) is 1. The second-order valence-electron chi connectivity index (χ2n) is 6.42. The number of amides is 2. The van der Waals surface area contributed by atoms with E-state index in [0.717, 1.165) is 0 Å². The van der Waals surface area contributed by atoms with Gasteiger partial charge >= 0.3 is 0 Å². The molecule has 0 fully saturated rings. The highest BCUT2D eigenvalue weighted by atomic mass is 16.5. The van der Waals surface area contributed by atoms with Gasteiger partial charge in [-0.05, 0) is 57.2 Å². The number of carbonyl (C=O) groups is 3. The van der Waals surface area contributed by atoms with Crippen LogP contribution in [0.1, 0.15) is 38.1 Å². The number of Topliss-reactive ketones (excluding diaryl/α,β-unsaturated/α-hetero) is 1. The zero-order valence-electron chi connectivity index (χ0n) is 16.0. The lowest BCUT2D eigenvalue weighted by Crippen LogP contribution is -2.37. The molecular weight excluding hydrogens is 344 g/mol. The summed E-state index contributed by atoms with van der Waals surface area (Å²) < 4.78 is 5.75. The topological polar surface area (TPSA) is 75.7 Å². The second-order valence-corrected chi connectivity index (χ2v) is 6.42. The molecule has 0 unspecified atom stereocenters. The monoisotopic (exact) mass is 368 g/mol. The highest BCUT2D eigenvalue weighted by Gasteiger charge is 2.20. The van der Waals surface area contributed by atoms with Gasteiger partial charge in [0.15, 0.2) is 5.78 Å². The maximum atomic E-state index is 12.4. The summed E-state index contributed by atoms with van der Waals surface area (Å²) in [5.74, 6) is -0.115. The quantitative estimate of drug-likeness (QED) is 0.757. The Bertz CT molecular complexity index is 828. The molecule has 2 amide bonds. The number of ketones is 1. The molecule has 0 aromatic heterocycles. The van der Waals surface area contributed by atoms with Crippen molar-refractivity contribution in [2.75, 3.05) is 16.8 Å². The van der Waals surface area contributed by atoms with Gasteiger partial charge in [0.2, 0.25) is 11.8 Å². The van der Waals surface area contributed by atoms with Crippen molar-refractivity contribution >= 4 is 29.0 Å². The van der Waals surface area contributed by atoms with Crippen LogP contribution in [0.5, 0.6) is 5.75 Å². The van der Waals surface area contributed by atoms with E-state index in [4.69, 9.17) is 4.74 Å². The van der Waals surface area contributed by atoms with Crippen molar-refractivity contribution in [1.29, 1.82) is 0 Å². The van der Waals surface area contributed by atoms with Crippen LogP contribution in [0.15, 0.2) is 48.5 Å². The van der Waals surface area contributed by atoms with Crippen LogP contribution in [-0.2, 0) is 9.59 Å². The summed E-state index contributed by atoms with van der Waals surface area (Å²) in [4.78, 5) is 37.3. The van der Waals surface area contributed by atoms with Crippen LogP contribution in [0.4, 0.5) is 11.4 Å². The Balaban J connectivity index is 2.15. The van der Waals surface area contributed by atoms with Gasteiger partial charge in [-0.25, -0.2) is 0 Å². The van der Waals surface area contributed by atoms with E-state index in [-0.39, 0.29) is 30.2 Å². The van der Waals surface area contributed by atoms with Gasteiger partial charge in [0.25, 0.3) is 0 Å². The number of nitrogens with one attached hydrogen (secondary N) is 1. The molecule has 2 aromatic carbocycles. The van der Waals surface area contributed by atoms with E-state index in [9.17, 15) is 14.4 Å². The van der Waals surface area contributed by atoms with Gasteiger partial charge in [-0.1, -0.05) is 12.1 Å². The van der Waals surface area contributed by atoms with Crippen molar-refractivity contribution in [3.05, 3.63) is 54.1 Å². The number of hydrogen-bond acceptors (Lipinski definition) is 4. The van der Waals surface area contributed by atoms with Gasteiger partial charge in [-0.3, -0.25) is 19.3 Å². The Morgan fingerprint density at radius 3 is 2.19 bits per heavy atom. The lowest BCUT2D eigenvalue weighted by atomic mass is 10.1. The van der Waals surface area contributed by atoms with Gasteiger partial charge in [0.1, 0.15) is 12.3 Å². The molecule has 0 aliphatic carbocycles. The van der Waals surface area contributed by atoms with Crippen LogP contribution in [-0.4, -0.2) is 30.2 Å². The molecule has 0 heterocycles. The first-order valence-electron chi connectivity index (χ1n) is 8.72. The van der Waals surface area contributed by atoms with Crippen molar-refractivity contribution in [1.82, 2.24) is 0 Å². The minimum atomic E-state index is -0.347. The zero-order chi connectivity index (χ0) is 20.0. The summed E-state index contributed by atoms with van der Waals surface area (Å²) in [5, 5.41) is 2.74. The van der Waals surface area contributed by atoms with E-state index in [0.29, 0.717) is 22.7 Å². The standard InChI is InChI=1S/C21H24N2O4/c1-14(2)27-20-8-6-5-7-19(20)23(16(4)25)13-21(26)22-18-11-9-17(10-12-18)15(3)24/h5-12,14H,13H2,1-4H3,(H,22,26). The SMILES string of the molecule is CC(=O)c1ccc(NC(=O)CN(C(C)=O)c2ccccc2OC(C)C)cc1. The second kappa shape index (κ2) is 8.98.